The second-order valence-electron chi connectivity index (χ2n) is 8.93. The fourth-order valence-electron chi connectivity index (χ4n) is 4.63. The van der Waals surface area contributed by atoms with Crippen LogP contribution >= 0.6 is 27.7 Å². The smallest absolute Gasteiger partial charge is 0.255 e. The molecule has 3 aromatic carbocycles. The molecule has 7 nitrogen and oxygen atoms in total. The van der Waals surface area contributed by atoms with Crippen LogP contribution in [0.4, 0.5) is 11.4 Å². The second-order valence-corrected chi connectivity index (χ2v) is 10.9. The Morgan fingerprint density at radius 1 is 1.03 bits per heavy atom. The molecular weight excluding hydrogens is 564 g/mol. The van der Waals surface area contributed by atoms with Crippen LogP contribution in [-0.2, 0) is 4.79 Å². The second kappa shape index (κ2) is 11.4. The van der Waals surface area contributed by atoms with Crippen LogP contribution in [0.3, 0.4) is 0 Å². The molecule has 0 bridgehead atoms. The van der Waals surface area contributed by atoms with Crippen molar-refractivity contribution in [3.8, 4) is 5.75 Å². The van der Waals surface area contributed by atoms with Gasteiger partial charge in [0.05, 0.1) is 30.1 Å². The van der Waals surface area contributed by atoms with Gasteiger partial charge in [0.25, 0.3) is 11.8 Å². The van der Waals surface area contributed by atoms with Crippen LogP contribution in [0.2, 0.25) is 0 Å². The van der Waals surface area contributed by atoms with E-state index in [1.165, 1.54) is 0 Å². The molecule has 0 aromatic heterocycles. The zero-order valence-electron chi connectivity index (χ0n) is 21.0. The Labute approximate surface area is 234 Å². The third kappa shape index (κ3) is 5.49. The summed E-state index contributed by atoms with van der Waals surface area (Å²) in [5.41, 5.74) is 3.96. The van der Waals surface area contributed by atoms with Gasteiger partial charge >= 0.3 is 0 Å². The molecule has 38 heavy (non-hydrogen) atoms. The van der Waals surface area contributed by atoms with Gasteiger partial charge in [0.2, 0.25) is 0 Å². The fourth-order valence-corrected chi connectivity index (χ4v) is 5.92. The van der Waals surface area contributed by atoms with Crippen LogP contribution in [0.15, 0.2) is 93.5 Å². The molecule has 1 saturated heterocycles. The Kier molecular flexibility index (Phi) is 7.85. The molecule has 2 heterocycles. The maximum atomic E-state index is 13.8. The monoisotopic (exact) mass is 590 g/mol. The van der Waals surface area contributed by atoms with Gasteiger partial charge in [0.15, 0.2) is 5.17 Å². The van der Waals surface area contributed by atoms with Crippen molar-refractivity contribution < 1.29 is 14.3 Å². The van der Waals surface area contributed by atoms with Crippen LogP contribution in [-0.4, -0.2) is 41.3 Å². The summed E-state index contributed by atoms with van der Waals surface area (Å²) in [6.45, 7) is 2.66. The molecule has 5 rings (SSSR count). The highest BCUT2D eigenvalue weighted by molar-refractivity contribution is 9.10. The molecule has 1 atom stereocenters. The number of aliphatic imine (C=N–C) groups is 1. The molecule has 0 aliphatic carbocycles. The summed E-state index contributed by atoms with van der Waals surface area (Å²) < 4.78 is 6.35. The number of nitrogens with zero attached hydrogens (tertiary/aromatic N) is 2. The molecule has 3 aromatic rings. The first-order valence-corrected chi connectivity index (χ1v) is 14.0. The van der Waals surface area contributed by atoms with E-state index in [9.17, 15) is 9.59 Å². The highest BCUT2D eigenvalue weighted by atomic mass is 79.9. The molecule has 0 saturated carbocycles. The van der Waals surface area contributed by atoms with Gasteiger partial charge in [0, 0.05) is 28.0 Å². The summed E-state index contributed by atoms with van der Waals surface area (Å²) in [5.74, 6) is 1.14. The van der Waals surface area contributed by atoms with Gasteiger partial charge in [-0.25, -0.2) is 4.99 Å². The molecule has 0 spiro atoms. The lowest BCUT2D eigenvalue weighted by molar-refractivity contribution is -0.113. The summed E-state index contributed by atoms with van der Waals surface area (Å²) in [7, 11) is 1.58. The lowest BCUT2D eigenvalue weighted by atomic mass is 9.93. The van der Waals surface area contributed by atoms with E-state index in [2.05, 4.69) is 31.5 Å². The predicted octanol–water partition coefficient (Wildman–Crippen LogP) is 6.47. The van der Waals surface area contributed by atoms with Gasteiger partial charge in [-0.2, -0.15) is 0 Å². The number of benzene rings is 3. The van der Waals surface area contributed by atoms with Crippen molar-refractivity contribution in [2.45, 2.75) is 19.4 Å². The Morgan fingerprint density at radius 2 is 1.82 bits per heavy atom. The number of halogens is 1. The van der Waals surface area contributed by atoms with Crippen LogP contribution in [0.1, 0.15) is 35.3 Å². The molecule has 2 aliphatic rings. The number of fused-ring (bicyclic) bond motifs is 1. The van der Waals surface area contributed by atoms with E-state index >= 15 is 0 Å². The first kappa shape index (κ1) is 26.1. The molecule has 0 radical (unpaired) electrons. The molecule has 9 heteroatoms. The molecule has 2 amide bonds. The van der Waals surface area contributed by atoms with Crippen molar-refractivity contribution >= 4 is 56.0 Å². The topological polar surface area (TPSA) is 83.0 Å². The third-order valence-electron chi connectivity index (χ3n) is 6.42. The number of amides is 2. The van der Waals surface area contributed by atoms with Crippen molar-refractivity contribution in [3.05, 3.63) is 99.7 Å². The normalized spacial score (nSPS) is 16.9. The molecular formula is C29H27BrN4O3S. The van der Waals surface area contributed by atoms with E-state index in [4.69, 9.17) is 9.73 Å². The summed E-state index contributed by atoms with van der Waals surface area (Å²) in [6, 6.07) is 21.9. The number of hydrogen-bond donors (Lipinski definition) is 2. The van der Waals surface area contributed by atoms with Crippen LogP contribution in [0.5, 0.6) is 5.75 Å². The van der Waals surface area contributed by atoms with E-state index < -0.39 is 0 Å². The number of thioether (sulfide) groups is 1. The number of ether oxygens (including phenoxy) is 1. The predicted molar refractivity (Wildman–Crippen MR) is 157 cm³/mol. The molecule has 1 fully saturated rings. The van der Waals surface area contributed by atoms with Crippen molar-refractivity contribution in [1.29, 1.82) is 0 Å². The van der Waals surface area contributed by atoms with Gasteiger partial charge in [0.1, 0.15) is 5.75 Å². The summed E-state index contributed by atoms with van der Waals surface area (Å²) in [5, 5.41) is 6.94. The molecule has 2 N–H and O–H groups in total. The Hall–Kier alpha value is -3.56. The highest BCUT2D eigenvalue weighted by Gasteiger charge is 2.37. The number of hydrogen-bond acceptors (Lipinski definition) is 6. The van der Waals surface area contributed by atoms with E-state index in [0.717, 1.165) is 33.9 Å². The summed E-state index contributed by atoms with van der Waals surface area (Å²) in [4.78, 5) is 33.7. The molecule has 2 aliphatic heterocycles. The van der Waals surface area contributed by atoms with Crippen molar-refractivity contribution in [2.24, 2.45) is 4.99 Å². The average Bonchev–Trinajstić information content (AvgIpc) is 2.93. The highest BCUT2D eigenvalue weighted by Crippen LogP contribution is 2.40. The van der Waals surface area contributed by atoms with Gasteiger partial charge in [-0.1, -0.05) is 52.0 Å². The maximum Gasteiger partial charge on any atom is 0.255 e. The Morgan fingerprint density at radius 3 is 2.61 bits per heavy atom. The van der Waals surface area contributed by atoms with Gasteiger partial charge in [-0.15, -0.1) is 0 Å². The average molecular weight is 592 g/mol. The molecule has 1 unspecified atom stereocenters. The number of anilines is 2. The quantitative estimate of drug-likeness (QED) is 0.343. The van der Waals surface area contributed by atoms with Crippen molar-refractivity contribution in [3.63, 3.8) is 0 Å². The van der Waals surface area contributed by atoms with Crippen molar-refractivity contribution in [1.82, 2.24) is 4.90 Å². The first-order valence-electron chi connectivity index (χ1n) is 12.2. The maximum absolute atomic E-state index is 13.8. The lowest BCUT2D eigenvalue weighted by Gasteiger charge is -2.41. The Balaban J connectivity index is 1.49. The van der Waals surface area contributed by atoms with E-state index in [-0.39, 0.29) is 17.9 Å². The number of allylic oxidation sites excluding steroid dienone is 1. The van der Waals surface area contributed by atoms with Gasteiger partial charge in [-0.3, -0.25) is 9.59 Å². The summed E-state index contributed by atoms with van der Waals surface area (Å²) in [6.07, 6.45) is 0.987. The van der Waals surface area contributed by atoms with Crippen LogP contribution in [0.25, 0.3) is 0 Å². The van der Waals surface area contributed by atoms with Crippen molar-refractivity contribution in [2.75, 3.05) is 30.0 Å². The minimum Gasteiger partial charge on any atom is -0.495 e. The number of carbonyl (C=O) groups is 2. The summed E-state index contributed by atoms with van der Waals surface area (Å²) >= 11 is 5.10. The van der Waals surface area contributed by atoms with E-state index in [1.807, 2.05) is 67.6 Å². The largest absolute Gasteiger partial charge is 0.495 e. The number of methoxy groups -OCH3 is 1. The lowest BCUT2D eigenvalue weighted by Crippen LogP contribution is -2.43. The van der Waals surface area contributed by atoms with Crippen LogP contribution < -0.4 is 15.4 Å². The zero-order valence-corrected chi connectivity index (χ0v) is 23.4. The minimum atomic E-state index is -0.352. The first-order chi connectivity index (χ1) is 18.4. The van der Waals surface area contributed by atoms with Gasteiger partial charge in [-0.05, 0) is 67.4 Å². The Bertz CT molecular complexity index is 1440. The molecule has 194 valence electrons. The number of carbonyl (C=O) groups excluding carboxylic acids is 2. The van der Waals surface area contributed by atoms with E-state index in [0.29, 0.717) is 34.0 Å². The standard InChI is InChI=1S/C29H27BrN4O3S/c1-18-25(28(36)33-23-9-3-4-10-24(23)37-2)26(34-15-6-16-38-29(34)31-18)20-7-5-8-22(17-20)32-27(35)19-11-13-21(30)14-12-19/h3-5,7-14,17,26H,6,15-16H2,1-2H3,(H,32,35)(H,33,36). The zero-order chi connectivity index (χ0) is 26.6. The van der Waals surface area contributed by atoms with Gasteiger partial charge < -0.3 is 20.3 Å². The number of para-hydroxylation sites is 2. The minimum absolute atomic E-state index is 0.199. The van der Waals surface area contributed by atoms with Crippen LogP contribution in [0, 0.1) is 0 Å². The number of nitrogens with one attached hydrogen (secondary N) is 2. The fraction of sp³-hybridized carbons (Fsp3) is 0.207. The van der Waals surface area contributed by atoms with E-state index in [1.54, 1.807) is 31.0 Å². The number of amidine groups is 1. The SMILES string of the molecule is COc1ccccc1NC(=O)C1=C(C)N=C2SCCCN2C1c1cccc(NC(=O)c2ccc(Br)cc2)c1. The number of rotatable bonds is 6. The third-order valence-corrected chi connectivity index (χ3v) is 8.03.